The van der Waals surface area contributed by atoms with E-state index in [-0.39, 0.29) is 30.6 Å². The number of alkyl halides is 3. The topological polar surface area (TPSA) is 58.9 Å². The highest BCUT2D eigenvalue weighted by atomic mass is 19.4. The zero-order valence-corrected chi connectivity index (χ0v) is 15.9. The van der Waals surface area contributed by atoms with Gasteiger partial charge in [-0.25, -0.2) is 0 Å². The van der Waals surface area contributed by atoms with Crippen molar-refractivity contribution in [1.29, 1.82) is 0 Å². The summed E-state index contributed by atoms with van der Waals surface area (Å²) in [5.74, 6) is 0.528. The number of hydrogen-bond donors (Lipinski definition) is 0. The molecule has 9 heteroatoms. The van der Waals surface area contributed by atoms with Gasteiger partial charge in [-0.1, -0.05) is 12.1 Å². The Morgan fingerprint density at radius 2 is 1.97 bits per heavy atom. The van der Waals surface area contributed by atoms with E-state index < -0.39 is 12.8 Å². The number of nitrogens with zero attached hydrogens (tertiary/aromatic N) is 1. The van der Waals surface area contributed by atoms with E-state index in [1.165, 1.54) is 22.8 Å². The van der Waals surface area contributed by atoms with Gasteiger partial charge in [0, 0.05) is 11.8 Å². The third-order valence-corrected chi connectivity index (χ3v) is 4.27. The van der Waals surface area contributed by atoms with E-state index in [0.717, 1.165) is 0 Å². The molecule has 1 saturated heterocycles. The first-order valence-electron chi connectivity index (χ1n) is 9.12. The number of hydrogen-bond acceptors (Lipinski definition) is 5. The summed E-state index contributed by atoms with van der Waals surface area (Å²) in [6.07, 6.45) is -4.58. The highest BCUT2D eigenvalue weighted by Crippen LogP contribution is 2.20. The van der Waals surface area contributed by atoms with E-state index >= 15 is 0 Å². The van der Waals surface area contributed by atoms with Gasteiger partial charge in [-0.05, 0) is 30.7 Å². The number of aryl methyl sites for hydroxylation is 1. The average Bonchev–Trinajstić information content (AvgIpc) is 2.68. The summed E-state index contributed by atoms with van der Waals surface area (Å²) in [4.78, 5) is 12.5. The molecule has 1 aromatic heterocycles. The summed E-state index contributed by atoms with van der Waals surface area (Å²) < 4.78 is 59.7. The van der Waals surface area contributed by atoms with Crippen LogP contribution in [0.1, 0.15) is 11.3 Å². The zero-order valence-electron chi connectivity index (χ0n) is 15.9. The Bertz CT molecular complexity index is 875. The largest absolute Gasteiger partial charge is 0.491 e. The molecule has 0 aliphatic carbocycles. The second kappa shape index (κ2) is 9.32. The number of benzene rings is 1. The lowest BCUT2D eigenvalue weighted by Gasteiger charge is -2.23. The van der Waals surface area contributed by atoms with Gasteiger partial charge in [-0.2, -0.15) is 13.2 Å². The summed E-state index contributed by atoms with van der Waals surface area (Å²) in [5, 5.41) is 0. The van der Waals surface area contributed by atoms with Crippen molar-refractivity contribution in [2.24, 2.45) is 0 Å². The number of ether oxygens (including phenoxy) is 4. The molecular weight excluding hydrogens is 391 g/mol. The van der Waals surface area contributed by atoms with Gasteiger partial charge >= 0.3 is 6.18 Å². The molecule has 1 fully saturated rings. The molecule has 1 atom stereocenters. The van der Waals surface area contributed by atoms with Crippen molar-refractivity contribution >= 4 is 0 Å². The lowest BCUT2D eigenvalue weighted by atomic mass is 10.2. The van der Waals surface area contributed by atoms with Gasteiger partial charge in [0.25, 0.3) is 5.56 Å². The average molecular weight is 413 g/mol. The van der Waals surface area contributed by atoms with Crippen LogP contribution in [0, 0.1) is 6.92 Å². The fourth-order valence-corrected chi connectivity index (χ4v) is 2.89. The fraction of sp³-hybridized carbons (Fsp3) is 0.450. The van der Waals surface area contributed by atoms with Crippen LogP contribution in [-0.2, 0) is 16.0 Å². The van der Waals surface area contributed by atoms with Crippen molar-refractivity contribution in [2.45, 2.75) is 25.7 Å². The minimum absolute atomic E-state index is 0.0974. The molecule has 2 heterocycles. The SMILES string of the molecule is Cc1cc(OC[C@H]2COCCO2)cc(=O)n1Cc1cccc(OCC(F)(F)F)c1. The highest BCUT2D eigenvalue weighted by Gasteiger charge is 2.28. The summed E-state index contributed by atoms with van der Waals surface area (Å²) >= 11 is 0. The molecule has 1 aliphatic rings. The second-order valence-corrected chi connectivity index (χ2v) is 6.69. The van der Waals surface area contributed by atoms with E-state index in [2.05, 4.69) is 0 Å². The Morgan fingerprint density at radius 1 is 1.14 bits per heavy atom. The molecule has 0 unspecified atom stereocenters. The number of aromatic nitrogens is 1. The molecule has 0 bridgehead atoms. The van der Waals surface area contributed by atoms with E-state index in [1.807, 2.05) is 0 Å². The van der Waals surface area contributed by atoms with Crippen molar-refractivity contribution in [2.75, 3.05) is 33.0 Å². The smallest absolute Gasteiger partial charge is 0.422 e. The van der Waals surface area contributed by atoms with Crippen molar-refractivity contribution in [3.8, 4) is 11.5 Å². The van der Waals surface area contributed by atoms with Gasteiger partial charge in [0.05, 0.1) is 26.4 Å². The van der Waals surface area contributed by atoms with E-state index in [4.69, 9.17) is 18.9 Å². The lowest BCUT2D eigenvalue weighted by molar-refractivity contribution is -0.153. The maximum Gasteiger partial charge on any atom is 0.422 e. The molecule has 3 rings (SSSR count). The van der Waals surface area contributed by atoms with Crippen molar-refractivity contribution in [1.82, 2.24) is 4.57 Å². The van der Waals surface area contributed by atoms with Gasteiger partial charge in [0.1, 0.15) is 24.2 Å². The van der Waals surface area contributed by atoms with Gasteiger partial charge in [0.15, 0.2) is 6.61 Å². The van der Waals surface area contributed by atoms with Crippen LogP contribution in [0.15, 0.2) is 41.2 Å². The Hall–Kier alpha value is -2.52. The Labute approximate surface area is 165 Å². The maximum absolute atomic E-state index is 12.5. The Balaban J connectivity index is 1.65. The minimum Gasteiger partial charge on any atom is -0.491 e. The van der Waals surface area contributed by atoms with Crippen LogP contribution in [0.3, 0.4) is 0 Å². The molecule has 0 N–H and O–H groups in total. The first-order valence-corrected chi connectivity index (χ1v) is 9.12. The van der Waals surface area contributed by atoms with Gasteiger partial charge in [-0.3, -0.25) is 4.79 Å². The lowest BCUT2D eigenvalue weighted by Crippen LogP contribution is -2.33. The molecule has 1 aromatic carbocycles. The van der Waals surface area contributed by atoms with Crippen LogP contribution in [0.25, 0.3) is 0 Å². The highest BCUT2D eigenvalue weighted by molar-refractivity contribution is 5.30. The monoisotopic (exact) mass is 413 g/mol. The zero-order chi connectivity index (χ0) is 20.9. The molecule has 0 spiro atoms. The molecule has 2 aromatic rings. The second-order valence-electron chi connectivity index (χ2n) is 6.69. The molecular formula is C20H22F3NO5. The van der Waals surface area contributed by atoms with Gasteiger partial charge in [-0.15, -0.1) is 0 Å². The molecule has 158 valence electrons. The number of pyridine rings is 1. The molecule has 0 amide bonds. The quantitative estimate of drug-likeness (QED) is 0.699. The molecule has 6 nitrogen and oxygen atoms in total. The normalized spacial score (nSPS) is 17.2. The summed E-state index contributed by atoms with van der Waals surface area (Å²) in [7, 11) is 0. The first kappa shape index (κ1) is 21.2. The van der Waals surface area contributed by atoms with Gasteiger partial charge < -0.3 is 23.5 Å². The van der Waals surface area contributed by atoms with Crippen molar-refractivity contribution < 1.29 is 32.1 Å². The predicted molar refractivity (Wildman–Crippen MR) is 98.6 cm³/mol. The standard InChI is InChI=1S/C20H22F3NO5/c1-14-7-17(28-12-18-11-26-5-6-27-18)9-19(25)24(14)10-15-3-2-4-16(8-15)29-13-20(21,22)23/h2-4,7-9,18H,5-6,10-13H2,1H3/t18-/m1/s1. The van der Waals surface area contributed by atoms with Crippen LogP contribution in [0.4, 0.5) is 13.2 Å². The third kappa shape index (κ3) is 6.50. The van der Waals surface area contributed by atoms with E-state index in [9.17, 15) is 18.0 Å². The van der Waals surface area contributed by atoms with E-state index in [0.29, 0.717) is 36.8 Å². The van der Waals surface area contributed by atoms with Crippen LogP contribution >= 0.6 is 0 Å². The van der Waals surface area contributed by atoms with Crippen LogP contribution in [0.5, 0.6) is 11.5 Å². The molecule has 1 aliphatic heterocycles. The van der Waals surface area contributed by atoms with E-state index in [1.54, 1.807) is 25.1 Å². The predicted octanol–water partition coefficient (Wildman–Crippen LogP) is 2.94. The van der Waals surface area contributed by atoms with Crippen LogP contribution in [-0.4, -0.2) is 49.9 Å². The third-order valence-electron chi connectivity index (χ3n) is 4.27. The molecule has 0 radical (unpaired) electrons. The Morgan fingerprint density at radius 3 is 2.66 bits per heavy atom. The molecule has 29 heavy (non-hydrogen) atoms. The van der Waals surface area contributed by atoms with Crippen LogP contribution in [0.2, 0.25) is 0 Å². The minimum atomic E-state index is -4.41. The molecule has 0 saturated carbocycles. The fourth-order valence-electron chi connectivity index (χ4n) is 2.89. The number of rotatable bonds is 7. The number of halogens is 3. The van der Waals surface area contributed by atoms with Crippen LogP contribution < -0.4 is 15.0 Å². The van der Waals surface area contributed by atoms with Gasteiger partial charge in [0.2, 0.25) is 0 Å². The summed E-state index contributed by atoms with van der Waals surface area (Å²) in [5.41, 5.74) is 1.04. The summed E-state index contributed by atoms with van der Waals surface area (Å²) in [6.45, 7) is 2.40. The van der Waals surface area contributed by atoms with Crippen molar-refractivity contribution in [3.05, 3.63) is 58.0 Å². The maximum atomic E-state index is 12.5. The van der Waals surface area contributed by atoms with Crippen molar-refractivity contribution in [3.63, 3.8) is 0 Å². The summed E-state index contributed by atoms with van der Waals surface area (Å²) in [6, 6.07) is 9.35. The first-order chi connectivity index (χ1) is 13.8. The Kier molecular flexibility index (Phi) is 6.81.